The van der Waals surface area contributed by atoms with Crippen LogP contribution in [0.1, 0.15) is 25.1 Å². The van der Waals surface area contributed by atoms with Gasteiger partial charge in [0, 0.05) is 12.6 Å². The van der Waals surface area contributed by atoms with Crippen LogP contribution in [0, 0.1) is 6.92 Å². The molecule has 2 rings (SSSR count). The summed E-state index contributed by atoms with van der Waals surface area (Å²) in [6.45, 7) is 4.80. The highest BCUT2D eigenvalue weighted by atomic mass is 16.1. The van der Waals surface area contributed by atoms with Crippen molar-refractivity contribution in [3.63, 3.8) is 0 Å². The molecule has 0 atom stereocenters. The second-order valence-electron chi connectivity index (χ2n) is 4.66. The summed E-state index contributed by atoms with van der Waals surface area (Å²) in [6, 6.07) is 7.25. The van der Waals surface area contributed by atoms with Gasteiger partial charge in [-0.15, -0.1) is 10.2 Å². The maximum Gasteiger partial charge on any atom is 0.274 e. The van der Waals surface area contributed by atoms with Crippen LogP contribution in [0.15, 0.2) is 34.2 Å². The van der Waals surface area contributed by atoms with Crippen molar-refractivity contribution in [3.05, 3.63) is 45.9 Å². The Morgan fingerprint density at radius 2 is 2.05 bits per heavy atom. The lowest BCUT2D eigenvalue weighted by Crippen LogP contribution is -2.16. The lowest BCUT2D eigenvalue weighted by atomic mass is 10.1. The molecule has 0 saturated heterocycles. The highest BCUT2D eigenvalue weighted by Gasteiger charge is 2.02. The van der Waals surface area contributed by atoms with E-state index in [-0.39, 0.29) is 23.1 Å². The minimum absolute atomic E-state index is 0.141. The van der Waals surface area contributed by atoms with Crippen LogP contribution in [0.2, 0.25) is 0 Å². The van der Waals surface area contributed by atoms with E-state index in [0.29, 0.717) is 11.4 Å². The Morgan fingerprint density at radius 3 is 2.73 bits per heavy atom. The number of rotatable bonds is 4. The van der Waals surface area contributed by atoms with Gasteiger partial charge in [0.15, 0.2) is 0 Å². The quantitative estimate of drug-likeness (QED) is 0.581. The molecular formula is C14H16N6O2. The van der Waals surface area contributed by atoms with Crippen molar-refractivity contribution in [3.8, 4) is 0 Å². The minimum Gasteiger partial charge on any atom is -0.326 e. The first kappa shape index (κ1) is 15.4. The van der Waals surface area contributed by atoms with E-state index >= 15 is 0 Å². The van der Waals surface area contributed by atoms with Gasteiger partial charge in [-0.25, -0.2) is 5.43 Å². The van der Waals surface area contributed by atoms with E-state index < -0.39 is 0 Å². The monoisotopic (exact) mass is 300 g/mol. The minimum atomic E-state index is -0.321. The summed E-state index contributed by atoms with van der Waals surface area (Å²) < 4.78 is 0. The van der Waals surface area contributed by atoms with Crippen molar-refractivity contribution in [2.24, 2.45) is 5.10 Å². The summed E-state index contributed by atoms with van der Waals surface area (Å²) >= 11 is 0. The van der Waals surface area contributed by atoms with Crippen molar-refractivity contribution < 1.29 is 4.79 Å². The highest BCUT2D eigenvalue weighted by Crippen LogP contribution is 2.11. The van der Waals surface area contributed by atoms with Crippen LogP contribution in [0.3, 0.4) is 0 Å². The van der Waals surface area contributed by atoms with Gasteiger partial charge in [-0.1, -0.05) is 12.1 Å². The number of hydrogen-bond acceptors (Lipinski definition) is 6. The molecule has 0 aliphatic heterocycles. The smallest absolute Gasteiger partial charge is 0.274 e. The fourth-order valence-electron chi connectivity index (χ4n) is 1.67. The first-order chi connectivity index (χ1) is 10.5. The van der Waals surface area contributed by atoms with E-state index in [0.717, 1.165) is 5.56 Å². The Hall–Kier alpha value is -3.03. The number of nitrogens with one attached hydrogen (secondary N) is 3. The number of anilines is 2. The van der Waals surface area contributed by atoms with Gasteiger partial charge in [-0.05, 0) is 31.5 Å². The molecule has 1 heterocycles. The molecular weight excluding hydrogens is 284 g/mol. The zero-order chi connectivity index (χ0) is 16.1. The summed E-state index contributed by atoms with van der Waals surface area (Å²) in [4.78, 5) is 25.0. The molecule has 0 aliphatic rings. The number of amides is 1. The van der Waals surface area contributed by atoms with Gasteiger partial charge in [-0.2, -0.15) is 5.10 Å². The number of aryl methyl sites for hydroxylation is 1. The number of aromatic amines is 1. The summed E-state index contributed by atoms with van der Waals surface area (Å²) in [5.41, 5.74) is 4.77. The number of hydrogen-bond donors (Lipinski definition) is 3. The zero-order valence-corrected chi connectivity index (χ0v) is 12.5. The van der Waals surface area contributed by atoms with Gasteiger partial charge in [-0.3, -0.25) is 14.6 Å². The first-order valence-electron chi connectivity index (χ1n) is 6.57. The number of carbonyl (C=O) groups excluding carboxylic acids is 1. The number of hydrazone groups is 1. The third-order valence-electron chi connectivity index (χ3n) is 2.79. The normalized spacial score (nSPS) is 11.1. The predicted molar refractivity (Wildman–Crippen MR) is 84.0 cm³/mol. The molecule has 8 nitrogen and oxygen atoms in total. The molecule has 1 amide bonds. The van der Waals surface area contributed by atoms with Crippen LogP contribution in [0.4, 0.5) is 11.6 Å². The van der Waals surface area contributed by atoms with Crippen LogP contribution in [-0.2, 0) is 4.79 Å². The van der Waals surface area contributed by atoms with Gasteiger partial charge in [0.05, 0.1) is 5.71 Å². The van der Waals surface area contributed by atoms with E-state index in [1.165, 1.54) is 6.92 Å². The SMILES string of the molecule is CC(=O)Nc1cccc(C(C)=NNc2nnc(C)c(=O)[nH]2)c1. The molecule has 0 spiro atoms. The fourth-order valence-corrected chi connectivity index (χ4v) is 1.67. The Labute approximate surface area is 126 Å². The van der Waals surface area contributed by atoms with Crippen LogP contribution in [0.5, 0.6) is 0 Å². The average Bonchev–Trinajstić information content (AvgIpc) is 2.48. The Kier molecular flexibility index (Phi) is 4.62. The van der Waals surface area contributed by atoms with Gasteiger partial charge in [0.25, 0.3) is 5.56 Å². The van der Waals surface area contributed by atoms with Crippen molar-refractivity contribution in [2.45, 2.75) is 20.8 Å². The molecule has 0 fully saturated rings. The predicted octanol–water partition coefficient (Wildman–Crippen LogP) is 1.27. The summed E-state index contributed by atoms with van der Waals surface area (Å²) in [5, 5.41) is 14.3. The maximum absolute atomic E-state index is 11.4. The summed E-state index contributed by atoms with van der Waals surface area (Å²) in [6.07, 6.45) is 0. The van der Waals surface area contributed by atoms with E-state index in [1.807, 2.05) is 12.1 Å². The maximum atomic E-state index is 11.4. The van der Waals surface area contributed by atoms with Crippen LogP contribution in [0.25, 0.3) is 0 Å². The Morgan fingerprint density at radius 1 is 1.27 bits per heavy atom. The van der Waals surface area contributed by atoms with Crippen LogP contribution < -0.4 is 16.3 Å². The standard InChI is InChI=1S/C14H16N6O2/c1-8(11-5-4-6-12(7-11)15-10(3)21)17-19-14-16-13(22)9(2)18-20-14/h4-7H,1-3H3,(H,15,21)(H2,16,19,20,22). The molecule has 1 aromatic carbocycles. The van der Waals surface area contributed by atoms with Gasteiger partial charge >= 0.3 is 0 Å². The van der Waals surface area contributed by atoms with E-state index in [2.05, 4.69) is 31.0 Å². The molecule has 0 aliphatic carbocycles. The number of benzene rings is 1. The van der Waals surface area contributed by atoms with E-state index in [4.69, 9.17) is 0 Å². The lowest BCUT2D eigenvalue weighted by Gasteiger charge is -2.06. The van der Waals surface area contributed by atoms with E-state index in [9.17, 15) is 9.59 Å². The second-order valence-corrected chi connectivity index (χ2v) is 4.66. The number of carbonyl (C=O) groups is 1. The van der Waals surface area contributed by atoms with Crippen molar-refractivity contribution in [1.82, 2.24) is 15.2 Å². The van der Waals surface area contributed by atoms with Crippen molar-refractivity contribution in [2.75, 3.05) is 10.7 Å². The third-order valence-corrected chi connectivity index (χ3v) is 2.79. The van der Waals surface area contributed by atoms with Gasteiger partial charge in [0.1, 0.15) is 5.69 Å². The second kappa shape index (κ2) is 6.61. The summed E-state index contributed by atoms with van der Waals surface area (Å²) in [5.74, 6) is 0.0188. The van der Waals surface area contributed by atoms with E-state index in [1.54, 1.807) is 26.0 Å². The molecule has 2 aromatic rings. The largest absolute Gasteiger partial charge is 0.326 e. The molecule has 0 unspecified atom stereocenters. The average molecular weight is 300 g/mol. The number of H-pyrrole nitrogens is 1. The van der Waals surface area contributed by atoms with Crippen LogP contribution >= 0.6 is 0 Å². The molecule has 22 heavy (non-hydrogen) atoms. The molecule has 0 bridgehead atoms. The Balaban J connectivity index is 2.16. The molecule has 1 aromatic heterocycles. The lowest BCUT2D eigenvalue weighted by molar-refractivity contribution is -0.114. The van der Waals surface area contributed by atoms with Gasteiger partial charge in [0.2, 0.25) is 11.9 Å². The number of nitrogens with zero attached hydrogens (tertiary/aromatic N) is 3. The van der Waals surface area contributed by atoms with Crippen LogP contribution in [-0.4, -0.2) is 26.8 Å². The molecule has 8 heteroatoms. The molecule has 114 valence electrons. The number of aromatic nitrogens is 3. The van der Waals surface area contributed by atoms with Crippen molar-refractivity contribution >= 4 is 23.3 Å². The van der Waals surface area contributed by atoms with Gasteiger partial charge < -0.3 is 5.32 Å². The highest BCUT2D eigenvalue weighted by molar-refractivity contribution is 6.00. The Bertz CT molecular complexity index is 781. The molecule has 0 saturated carbocycles. The first-order valence-corrected chi connectivity index (χ1v) is 6.57. The zero-order valence-electron chi connectivity index (χ0n) is 12.5. The topological polar surface area (TPSA) is 112 Å². The third kappa shape index (κ3) is 3.98. The molecule has 3 N–H and O–H groups in total. The molecule has 0 radical (unpaired) electrons. The summed E-state index contributed by atoms with van der Waals surface area (Å²) in [7, 11) is 0. The van der Waals surface area contributed by atoms with Crippen molar-refractivity contribution in [1.29, 1.82) is 0 Å². The fraction of sp³-hybridized carbons (Fsp3) is 0.214.